The van der Waals surface area contributed by atoms with Gasteiger partial charge in [0.15, 0.2) is 0 Å². The Morgan fingerprint density at radius 3 is 2.67 bits per heavy atom. The minimum absolute atomic E-state index is 0.293. The molecule has 21 heavy (non-hydrogen) atoms. The molecule has 0 aliphatic rings. The third-order valence-corrected chi connectivity index (χ3v) is 3.63. The van der Waals surface area contributed by atoms with Gasteiger partial charge in [-0.1, -0.05) is 48.0 Å². The van der Waals surface area contributed by atoms with E-state index in [1.807, 2.05) is 55.5 Å². The maximum absolute atomic E-state index is 9.93. The average molecular weight is 306 g/mol. The zero-order valence-electron chi connectivity index (χ0n) is 12.1. The molecular formula is C17H20ClNO2. The van der Waals surface area contributed by atoms with E-state index in [1.54, 1.807) is 0 Å². The van der Waals surface area contributed by atoms with Gasteiger partial charge in [-0.25, -0.2) is 0 Å². The summed E-state index contributed by atoms with van der Waals surface area (Å²) in [7, 11) is 0. The first-order valence-electron chi connectivity index (χ1n) is 6.95. The summed E-state index contributed by atoms with van der Waals surface area (Å²) >= 11 is 6.05. The fourth-order valence-electron chi connectivity index (χ4n) is 1.97. The second-order valence-corrected chi connectivity index (χ2v) is 5.36. The summed E-state index contributed by atoms with van der Waals surface area (Å²) < 4.78 is 5.51. The van der Waals surface area contributed by atoms with Gasteiger partial charge in [-0.05, 0) is 30.2 Å². The van der Waals surface area contributed by atoms with Crippen molar-refractivity contribution >= 4 is 17.3 Å². The Bertz CT molecular complexity index is 560. The second kappa shape index (κ2) is 8.03. The number of nitrogens with one attached hydrogen (secondary N) is 1. The number of hydrogen-bond donors (Lipinski definition) is 2. The Balaban J connectivity index is 1.72. The summed E-state index contributed by atoms with van der Waals surface area (Å²) in [5.41, 5.74) is 3.02. The molecule has 4 heteroatoms. The molecule has 0 aliphatic heterocycles. The number of benzene rings is 2. The van der Waals surface area contributed by atoms with Crippen molar-refractivity contribution in [2.45, 2.75) is 19.6 Å². The van der Waals surface area contributed by atoms with Crippen LogP contribution in [0.25, 0.3) is 0 Å². The van der Waals surface area contributed by atoms with Crippen molar-refractivity contribution in [2.75, 3.05) is 18.5 Å². The monoisotopic (exact) mass is 305 g/mol. The van der Waals surface area contributed by atoms with E-state index in [1.165, 1.54) is 0 Å². The van der Waals surface area contributed by atoms with E-state index in [0.717, 1.165) is 21.8 Å². The SMILES string of the molecule is Cc1c(Cl)cccc1NCC(O)COCc1ccccc1. The largest absolute Gasteiger partial charge is 0.389 e. The van der Waals surface area contributed by atoms with E-state index < -0.39 is 6.10 Å². The molecular weight excluding hydrogens is 286 g/mol. The molecule has 1 unspecified atom stereocenters. The quantitative estimate of drug-likeness (QED) is 0.820. The van der Waals surface area contributed by atoms with Crippen LogP contribution in [-0.2, 0) is 11.3 Å². The zero-order chi connectivity index (χ0) is 15.1. The van der Waals surface area contributed by atoms with Crippen LogP contribution in [0.2, 0.25) is 5.02 Å². The van der Waals surface area contributed by atoms with Crippen molar-refractivity contribution in [1.82, 2.24) is 0 Å². The van der Waals surface area contributed by atoms with Crippen LogP contribution < -0.4 is 5.32 Å². The minimum atomic E-state index is -0.563. The van der Waals surface area contributed by atoms with Gasteiger partial charge in [-0.3, -0.25) is 0 Å². The highest BCUT2D eigenvalue weighted by atomic mass is 35.5. The molecule has 0 spiro atoms. The lowest BCUT2D eigenvalue weighted by atomic mass is 10.2. The van der Waals surface area contributed by atoms with Gasteiger partial charge < -0.3 is 15.2 Å². The van der Waals surface area contributed by atoms with E-state index in [2.05, 4.69) is 5.32 Å². The van der Waals surface area contributed by atoms with Gasteiger partial charge in [0.25, 0.3) is 0 Å². The van der Waals surface area contributed by atoms with Gasteiger partial charge in [0.05, 0.1) is 19.3 Å². The number of rotatable bonds is 7. The Labute approximate surface area is 130 Å². The Hall–Kier alpha value is -1.55. The van der Waals surface area contributed by atoms with Crippen molar-refractivity contribution < 1.29 is 9.84 Å². The Kier molecular flexibility index (Phi) is 6.05. The molecule has 0 bridgehead atoms. The highest BCUT2D eigenvalue weighted by Gasteiger charge is 2.06. The third kappa shape index (κ3) is 5.05. The highest BCUT2D eigenvalue weighted by Crippen LogP contribution is 2.22. The number of hydrogen-bond acceptors (Lipinski definition) is 3. The van der Waals surface area contributed by atoms with Gasteiger partial charge in [0, 0.05) is 17.3 Å². The lowest BCUT2D eigenvalue weighted by Crippen LogP contribution is -2.25. The predicted octanol–water partition coefficient (Wildman–Crippen LogP) is 3.64. The van der Waals surface area contributed by atoms with E-state index in [0.29, 0.717) is 19.8 Å². The molecule has 0 saturated carbocycles. The molecule has 0 amide bonds. The topological polar surface area (TPSA) is 41.5 Å². The molecule has 2 rings (SSSR count). The summed E-state index contributed by atoms with van der Waals surface area (Å²) in [6.45, 7) is 3.18. The van der Waals surface area contributed by atoms with E-state index >= 15 is 0 Å². The fraction of sp³-hybridized carbons (Fsp3) is 0.294. The van der Waals surface area contributed by atoms with Crippen LogP contribution in [-0.4, -0.2) is 24.4 Å². The van der Waals surface area contributed by atoms with Gasteiger partial charge in [0.2, 0.25) is 0 Å². The molecule has 2 aromatic carbocycles. The number of ether oxygens (including phenoxy) is 1. The summed E-state index contributed by atoms with van der Waals surface area (Å²) in [6.07, 6.45) is -0.563. The van der Waals surface area contributed by atoms with Gasteiger partial charge >= 0.3 is 0 Å². The maximum atomic E-state index is 9.93. The van der Waals surface area contributed by atoms with Crippen LogP contribution in [0, 0.1) is 6.92 Å². The molecule has 2 aromatic rings. The van der Waals surface area contributed by atoms with Crippen molar-refractivity contribution in [1.29, 1.82) is 0 Å². The van der Waals surface area contributed by atoms with Crippen LogP contribution >= 0.6 is 11.6 Å². The first-order chi connectivity index (χ1) is 10.2. The molecule has 3 nitrogen and oxygen atoms in total. The fourth-order valence-corrected chi connectivity index (χ4v) is 2.15. The standard InChI is InChI=1S/C17H20ClNO2/c1-13-16(18)8-5-9-17(13)19-10-15(20)12-21-11-14-6-3-2-4-7-14/h2-9,15,19-20H,10-12H2,1H3. The number of anilines is 1. The first-order valence-corrected chi connectivity index (χ1v) is 7.33. The number of halogens is 1. The molecule has 0 fully saturated rings. The Morgan fingerprint density at radius 2 is 1.90 bits per heavy atom. The molecule has 0 heterocycles. The van der Waals surface area contributed by atoms with E-state index in [4.69, 9.17) is 16.3 Å². The van der Waals surface area contributed by atoms with Crippen LogP contribution in [0.4, 0.5) is 5.69 Å². The van der Waals surface area contributed by atoms with Crippen LogP contribution in [0.3, 0.4) is 0 Å². The summed E-state index contributed by atoms with van der Waals surface area (Å²) in [4.78, 5) is 0. The van der Waals surface area contributed by atoms with E-state index in [-0.39, 0.29) is 0 Å². The normalized spacial score (nSPS) is 12.1. The van der Waals surface area contributed by atoms with Crippen LogP contribution in [0.5, 0.6) is 0 Å². The molecule has 1 atom stereocenters. The highest BCUT2D eigenvalue weighted by molar-refractivity contribution is 6.31. The van der Waals surface area contributed by atoms with Gasteiger partial charge in [-0.2, -0.15) is 0 Å². The van der Waals surface area contributed by atoms with Gasteiger partial charge in [0.1, 0.15) is 0 Å². The zero-order valence-corrected chi connectivity index (χ0v) is 12.8. The molecule has 2 N–H and O–H groups in total. The van der Waals surface area contributed by atoms with Crippen molar-refractivity contribution in [3.05, 3.63) is 64.7 Å². The predicted molar refractivity (Wildman–Crippen MR) is 86.8 cm³/mol. The second-order valence-electron chi connectivity index (χ2n) is 4.95. The molecule has 112 valence electrons. The Morgan fingerprint density at radius 1 is 1.14 bits per heavy atom. The first kappa shape index (κ1) is 15.8. The summed E-state index contributed by atoms with van der Waals surface area (Å²) in [6, 6.07) is 15.6. The summed E-state index contributed by atoms with van der Waals surface area (Å²) in [5, 5.41) is 13.8. The summed E-state index contributed by atoms with van der Waals surface area (Å²) in [5.74, 6) is 0. The van der Waals surface area contributed by atoms with Gasteiger partial charge in [-0.15, -0.1) is 0 Å². The number of aliphatic hydroxyl groups excluding tert-OH is 1. The molecule has 0 aromatic heterocycles. The minimum Gasteiger partial charge on any atom is -0.389 e. The van der Waals surface area contributed by atoms with Crippen molar-refractivity contribution in [3.63, 3.8) is 0 Å². The van der Waals surface area contributed by atoms with Crippen molar-refractivity contribution in [3.8, 4) is 0 Å². The molecule has 0 saturated heterocycles. The third-order valence-electron chi connectivity index (χ3n) is 3.22. The lowest BCUT2D eigenvalue weighted by Gasteiger charge is -2.15. The van der Waals surface area contributed by atoms with Crippen molar-refractivity contribution in [2.24, 2.45) is 0 Å². The number of aliphatic hydroxyl groups is 1. The smallest absolute Gasteiger partial charge is 0.0945 e. The van der Waals surface area contributed by atoms with Crippen LogP contribution in [0.1, 0.15) is 11.1 Å². The molecule has 0 aliphatic carbocycles. The van der Waals surface area contributed by atoms with Crippen LogP contribution in [0.15, 0.2) is 48.5 Å². The lowest BCUT2D eigenvalue weighted by molar-refractivity contribution is 0.0348. The van der Waals surface area contributed by atoms with E-state index in [9.17, 15) is 5.11 Å². The maximum Gasteiger partial charge on any atom is 0.0945 e. The average Bonchev–Trinajstić information content (AvgIpc) is 2.50. The molecule has 0 radical (unpaired) electrons.